The van der Waals surface area contributed by atoms with Crippen molar-refractivity contribution in [2.45, 2.75) is 32.7 Å². The molecule has 0 N–H and O–H groups in total. The van der Waals surface area contributed by atoms with Gasteiger partial charge in [-0.1, -0.05) is 0 Å². The van der Waals surface area contributed by atoms with Gasteiger partial charge in [0.2, 0.25) is 0 Å². The van der Waals surface area contributed by atoms with Crippen LogP contribution in [0.2, 0.25) is 0 Å². The lowest BCUT2D eigenvalue weighted by Gasteiger charge is -2.40. The van der Waals surface area contributed by atoms with Crippen LogP contribution in [0, 0.1) is 12.3 Å². The molecule has 1 atom stereocenters. The van der Waals surface area contributed by atoms with E-state index in [4.69, 9.17) is 0 Å². The molecule has 2 fully saturated rings. The fourth-order valence-electron chi connectivity index (χ4n) is 4.19. The maximum absolute atomic E-state index is 12.8. The topological polar surface area (TPSA) is 49.3 Å². The molecule has 1 amide bonds. The summed E-state index contributed by atoms with van der Waals surface area (Å²) in [5.74, 6) is 0.126. The minimum absolute atomic E-state index is 0.126. The third kappa shape index (κ3) is 3.60. The van der Waals surface area contributed by atoms with Crippen LogP contribution in [0.15, 0.2) is 29.9 Å². The lowest BCUT2D eigenvalue weighted by atomic mass is 9.79. The molecule has 2 aliphatic rings. The molecule has 6 heteroatoms. The van der Waals surface area contributed by atoms with Gasteiger partial charge in [-0.2, -0.15) is 0 Å². The molecule has 25 heavy (non-hydrogen) atoms. The summed E-state index contributed by atoms with van der Waals surface area (Å²) < 4.78 is 0. The van der Waals surface area contributed by atoms with Crippen LogP contribution in [-0.4, -0.2) is 51.9 Å². The zero-order valence-electron chi connectivity index (χ0n) is 14.6. The largest absolute Gasteiger partial charge is 0.338 e. The van der Waals surface area contributed by atoms with Crippen molar-refractivity contribution >= 4 is 17.2 Å². The number of likely N-dealkylation sites (tertiary alicyclic amines) is 2. The molecule has 4 heterocycles. The van der Waals surface area contributed by atoms with Crippen LogP contribution in [0.5, 0.6) is 0 Å². The summed E-state index contributed by atoms with van der Waals surface area (Å²) >= 11 is 1.73. The number of piperidine rings is 1. The molecule has 0 aliphatic carbocycles. The number of aromatic nitrogens is 2. The third-order valence-electron chi connectivity index (χ3n) is 5.47. The molecule has 2 aromatic rings. The maximum atomic E-state index is 12.8. The Morgan fingerprint density at radius 3 is 2.92 bits per heavy atom. The third-order valence-corrected chi connectivity index (χ3v) is 6.23. The molecule has 0 aromatic carbocycles. The number of thiazole rings is 1. The maximum Gasteiger partial charge on any atom is 0.255 e. The summed E-state index contributed by atoms with van der Waals surface area (Å²) in [6, 6.07) is 3.81. The van der Waals surface area contributed by atoms with E-state index in [1.807, 2.05) is 35.5 Å². The van der Waals surface area contributed by atoms with Crippen molar-refractivity contribution < 1.29 is 4.79 Å². The van der Waals surface area contributed by atoms with Crippen molar-refractivity contribution in [2.75, 3.05) is 26.2 Å². The average Bonchev–Trinajstić information content (AvgIpc) is 3.26. The molecule has 0 bridgehead atoms. The molecule has 132 valence electrons. The molecule has 0 saturated carbocycles. The van der Waals surface area contributed by atoms with Crippen LogP contribution in [0.4, 0.5) is 0 Å². The van der Waals surface area contributed by atoms with Crippen LogP contribution < -0.4 is 0 Å². The monoisotopic (exact) mass is 356 g/mol. The van der Waals surface area contributed by atoms with Crippen LogP contribution in [0.3, 0.4) is 0 Å². The van der Waals surface area contributed by atoms with Gasteiger partial charge in [-0.15, -0.1) is 11.3 Å². The zero-order chi connectivity index (χ0) is 17.3. The Kier molecular flexibility index (Phi) is 4.56. The van der Waals surface area contributed by atoms with E-state index in [0.717, 1.165) is 44.8 Å². The van der Waals surface area contributed by atoms with Gasteiger partial charge < -0.3 is 4.90 Å². The van der Waals surface area contributed by atoms with Crippen LogP contribution in [0.1, 0.15) is 40.3 Å². The number of nitrogens with zero attached hydrogens (tertiary/aromatic N) is 4. The predicted molar refractivity (Wildman–Crippen MR) is 98.6 cm³/mol. The minimum atomic E-state index is 0.126. The minimum Gasteiger partial charge on any atom is -0.338 e. The highest BCUT2D eigenvalue weighted by molar-refractivity contribution is 7.09. The Balaban J connectivity index is 1.41. The summed E-state index contributed by atoms with van der Waals surface area (Å²) in [6.45, 7) is 6.82. The molecule has 5 nitrogen and oxygen atoms in total. The molecular formula is C19H24N4OS. The van der Waals surface area contributed by atoms with E-state index >= 15 is 0 Å². The fourth-order valence-corrected chi connectivity index (χ4v) is 4.84. The van der Waals surface area contributed by atoms with Gasteiger partial charge in [0.1, 0.15) is 5.01 Å². The number of pyridine rings is 1. The second-order valence-corrected chi connectivity index (χ2v) is 8.38. The molecule has 2 aromatic heterocycles. The van der Waals surface area contributed by atoms with Gasteiger partial charge in [0.15, 0.2) is 0 Å². The number of hydrogen-bond acceptors (Lipinski definition) is 5. The Labute approximate surface area is 152 Å². The van der Waals surface area contributed by atoms with Gasteiger partial charge in [-0.3, -0.25) is 14.7 Å². The molecule has 0 radical (unpaired) electrons. The van der Waals surface area contributed by atoms with Gasteiger partial charge in [0.05, 0.1) is 12.1 Å². The molecule has 2 aliphatic heterocycles. The van der Waals surface area contributed by atoms with E-state index < -0.39 is 0 Å². The van der Waals surface area contributed by atoms with Crippen molar-refractivity contribution in [3.63, 3.8) is 0 Å². The summed E-state index contributed by atoms with van der Waals surface area (Å²) in [7, 11) is 0. The van der Waals surface area contributed by atoms with E-state index in [0.29, 0.717) is 5.56 Å². The molecule has 1 unspecified atom stereocenters. The zero-order valence-corrected chi connectivity index (χ0v) is 15.5. The van der Waals surface area contributed by atoms with Crippen molar-refractivity contribution in [2.24, 2.45) is 5.41 Å². The van der Waals surface area contributed by atoms with Crippen LogP contribution in [-0.2, 0) is 6.54 Å². The summed E-state index contributed by atoms with van der Waals surface area (Å²) in [4.78, 5) is 26.0. The van der Waals surface area contributed by atoms with Gasteiger partial charge >= 0.3 is 0 Å². The van der Waals surface area contributed by atoms with Crippen LogP contribution in [0.25, 0.3) is 0 Å². The van der Waals surface area contributed by atoms with Crippen LogP contribution >= 0.6 is 11.3 Å². The van der Waals surface area contributed by atoms with Crippen molar-refractivity contribution in [1.29, 1.82) is 0 Å². The van der Waals surface area contributed by atoms with Crippen molar-refractivity contribution in [3.05, 3.63) is 46.2 Å². The number of rotatable bonds is 3. The summed E-state index contributed by atoms with van der Waals surface area (Å²) in [6.07, 6.45) is 7.12. The second-order valence-electron chi connectivity index (χ2n) is 7.41. The van der Waals surface area contributed by atoms with Crippen molar-refractivity contribution in [1.82, 2.24) is 19.8 Å². The predicted octanol–water partition coefficient (Wildman–Crippen LogP) is 2.97. The summed E-state index contributed by atoms with van der Waals surface area (Å²) in [5, 5.41) is 3.23. The van der Waals surface area contributed by atoms with Gasteiger partial charge in [0.25, 0.3) is 5.91 Å². The van der Waals surface area contributed by atoms with Gasteiger partial charge in [-0.25, -0.2) is 4.98 Å². The Bertz CT molecular complexity index is 730. The quantitative estimate of drug-likeness (QED) is 0.848. The first kappa shape index (κ1) is 16.7. The molecule has 4 rings (SSSR count). The smallest absolute Gasteiger partial charge is 0.255 e. The van der Waals surface area contributed by atoms with Crippen molar-refractivity contribution in [3.8, 4) is 0 Å². The lowest BCUT2D eigenvalue weighted by Crippen LogP contribution is -2.45. The normalized spacial score (nSPS) is 24.1. The first-order valence-electron chi connectivity index (χ1n) is 8.96. The SMILES string of the molecule is Cc1ccc(C(=O)N2CCC3(CCCN(Cc4nccs4)C3)C2)cn1. The number of aryl methyl sites for hydroxylation is 1. The van der Waals surface area contributed by atoms with E-state index in [1.54, 1.807) is 17.5 Å². The van der Waals surface area contributed by atoms with E-state index in [1.165, 1.54) is 17.8 Å². The summed E-state index contributed by atoms with van der Waals surface area (Å²) in [5.41, 5.74) is 1.90. The Hall–Kier alpha value is -1.79. The first-order valence-corrected chi connectivity index (χ1v) is 9.84. The number of carbonyl (C=O) groups excluding carboxylic acids is 1. The fraction of sp³-hybridized carbons (Fsp3) is 0.526. The highest BCUT2D eigenvalue weighted by atomic mass is 32.1. The van der Waals surface area contributed by atoms with Gasteiger partial charge in [-0.05, 0) is 44.9 Å². The molecule has 1 spiro atoms. The van der Waals surface area contributed by atoms with E-state index in [9.17, 15) is 4.79 Å². The second kappa shape index (κ2) is 6.84. The molecule has 2 saturated heterocycles. The average molecular weight is 356 g/mol. The standard InChI is InChI=1S/C19H24N4OS/c1-15-3-4-16(11-21-15)18(24)23-9-6-19(14-23)5-2-8-22(13-19)12-17-20-7-10-25-17/h3-4,7,10-11H,2,5-6,8-9,12-14H2,1H3. The molecular weight excluding hydrogens is 332 g/mol. The Morgan fingerprint density at radius 2 is 2.16 bits per heavy atom. The Morgan fingerprint density at radius 1 is 1.24 bits per heavy atom. The number of amides is 1. The van der Waals surface area contributed by atoms with E-state index in [2.05, 4.69) is 14.9 Å². The highest BCUT2D eigenvalue weighted by Crippen LogP contribution is 2.39. The van der Waals surface area contributed by atoms with Gasteiger partial charge in [0, 0.05) is 48.5 Å². The lowest BCUT2D eigenvalue weighted by molar-refractivity contribution is 0.0675. The number of hydrogen-bond donors (Lipinski definition) is 0. The first-order chi connectivity index (χ1) is 12.1. The highest BCUT2D eigenvalue weighted by Gasteiger charge is 2.42. The number of carbonyl (C=O) groups is 1. The van der Waals surface area contributed by atoms with E-state index in [-0.39, 0.29) is 11.3 Å².